The van der Waals surface area contributed by atoms with Crippen LogP contribution in [0.5, 0.6) is 0 Å². The summed E-state index contributed by atoms with van der Waals surface area (Å²) in [5.74, 6) is -0.0831. The van der Waals surface area contributed by atoms with Crippen LogP contribution in [0.1, 0.15) is 32.9 Å². The van der Waals surface area contributed by atoms with Crippen LogP contribution in [0.15, 0.2) is 60.8 Å². The Kier molecular flexibility index (Phi) is 6.23. The lowest BCUT2D eigenvalue weighted by Crippen LogP contribution is -2.14. The third-order valence-corrected chi connectivity index (χ3v) is 5.46. The van der Waals surface area contributed by atoms with Gasteiger partial charge in [0.2, 0.25) is 0 Å². The van der Waals surface area contributed by atoms with E-state index in [1.807, 2.05) is 36.4 Å². The summed E-state index contributed by atoms with van der Waals surface area (Å²) in [5, 5.41) is 23.0. The van der Waals surface area contributed by atoms with Gasteiger partial charge in [-0.25, -0.2) is 0 Å². The molecule has 0 unspecified atom stereocenters. The second-order valence-electron chi connectivity index (χ2n) is 7.60. The number of amides is 1. The zero-order valence-corrected chi connectivity index (χ0v) is 18.8. The molecule has 0 radical (unpaired) electrons. The molecule has 9 nitrogen and oxygen atoms in total. The Hall–Kier alpha value is -3.98. The minimum Gasteiger partial charge on any atom is -0.304 e. The highest BCUT2D eigenvalue weighted by molar-refractivity contribution is 6.33. The van der Waals surface area contributed by atoms with Gasteiger partial charge in [0.15, 0.2) is 5.82 Å². The number of benzene rings is 2. The van der Waals surface area contributed by atoms with Crippen molar-refractivity contribution in [2.24, 2.45) is 0 Å². The van der Waals surface area contributed by atoms with Crippen LogP contribution in [0.25, 0.3) is 0 Å². The highest BCUT2D eigenvalue weighted by Crippen LogP contribution is 2.23. The molecule has 0 fully saturated rings. The Balaban J connectivity index is 1.49. The molecule has 2 heterocycles. The molecule has 0 saturated carbocycles. The number of hydrogen-bond acceptors (Lipinski definition) is 5. The van der Waals surface area contributed by atoms with Crippen LogP contribution in [-0.2, 0) is 13.1 Å². The van der Waals surface area contributed by atoms with E-state index in [-0.39, 0.29) is 17.4 Å². The summed E-state index contributed by atoms with van der Waals surface area (Å²) in [6, 6.07) is 16.8. The van der Waals surface area contributed by atoms with Gasteiger partial charge in [-0.3, -0.25) is 24.3 Å². The maximum atomic E-state index is 12.8. The van der Waals surface area contributed by atoms with Gasteiger partial charge in [0.05, 0.1) is 18.0 Å². The predicted molar refractivity (Wildman–Crippen MR) is 125 cm³/mol. The Morgan fingerprint density at radius 2 is 1.79 bits per heavy atom. The molecular weight excluding hydrogens is 444 g/mol. The van der Waals surface area contributed by atoms with Gasteiger partial charge in [-0.15, -0.1) is 0 Å². The number of carbonyl (C=O) groups excluding carboxylic acids is 1. The molecule has 0 saturated heterocycles. The van der Waals surface area contributed by atoms with Gasteiger partial charge in [-0.2, -0.15) is 10.2 Å². The normalized spacial score (nSPS) is 10.9. The molecule has 4 aromatic rings. The lowest BCUT2D eigenvalue weighted by molar-refractivity contribution is -0.386. The van der Waals surface area contributed by atoms with Crippen molar-refractivity contribution in [3.63, 3.8) is 0 Å². The van der Waals surface area contributed by atoms with Crippen molar-refractivity contribution >= 4 is 29.0 Å². The molecule has 168 valence electrons. The second kappa shape index (κ2) is 9.25. The molecule has 1 N–H and O–H groups in total. The zero-order chi connectivity index (χ0) is 23.5. The van der Waals surface area contributed by atoms with E-state index in [0.717, 1.165) is 11.1 Å². The molecule has 33 heavy (non-hydrogen) atoms. The first-order valence-electron chi connectivity index (χ1n) is 10.2. The highest BCUT2D eigenvalue weighted by atomic mass is 35.5. The summed E-state index contributed by atoms with van der Waals surface area (Å²) in [4.78, 5) is 23.6. The molecule has 0 aliphatic carbocycles. The Morgan fingerprint density at radius 1 is 1.06 bits per heavy atom. The molecule has 0 atom stereocenters. The average molecular weight is 465 g/mol. The van der Waals surface area contributed by atoms with Gasteiger partial charge in [0, 0.05) is 11.8 Å². The van der Waals surface area contributed by atoms with Crippen molar-refractivity contribution in [1.29, 1.82) is 0 Å². The minimum atomic E-state index is -0.432. The summed E-state index contributed by atoms with van der Waals surface area (Å²) < 4.78 is 3.23. The van der Waals surface area contributed by atoms with E-state index < -0.39 is 4.92 Å². The largest absolute Gasteiger partial charge is 0.312 e. The number of nitrogens with zero attached hydrogens (tertiary/aromatic N) is 5. The van der Waals surface area contributed by atoms with Crippen molar-refractivity contribution in [1.82, 2.24) is 19.6 Å². The van der Waals surface area contributed by atoms with Crippen molar-refractivity contribution in [3.8, 4) is 0 Å². The Bertz CT molecular complexity index is 1330. The SMILES string of the molecule is Cc1nn(Cc2cccc(C(=O)Nc3nn(Cc4ccccc4)cc3Cl)c2)c(C)c1[N+](=O)[O-]. The summed E-state index contributed by atoms with van der Waals surface area (Å²) >= 11 is 6.28. The second-order valence-corrected chi connectivity index (χ2v) is 8.00. The molecule has 4 rings (SSSR count). The van der Waals surface area contributed by atoms with E-state index >= 15 is 0 Å². The van der Waals surface area contributed by atoms with E-state index in [9.17, 15) is 14.9 Å². The molecular formula is C23H21ClN6O3. The molecule has 0 spiro atoms. The van der Waals surface area contributed by atoms with Crippen molar-refractivity contribution < 1.29 is 9.72 Å². The Morgan fingerprint density at radius 3 is 2.48 bits per heavy atom. The lowest BCUT2D eigenvalue weighted by Gasteiger charge is -2.07. The van der Waals surface area contributed by atoms with Crippen molar-refractivity contribution in [3.05, 3.63) is 104 Å². The van der Waals surface area contributed by atoms with Gasteiger partial charge >= 0.3 is 5.69 Å². The number of nitrogens with one attached hydrogen (secondary N) is 1. The fraction of sp³-hybridized carbons (Fsp3) is 0.174. The molecule has 10 heteroatoms. The van der Waals surface area contributed by atoms with E-state index in [0.29, 0.717) is 35.1 Å². The van der Waals surface area contributed by atoms with E-state index in [1.165, 1.54) is 0 Å². The number of aromatic nitrogens is 4. The quantitative estimate of drug-likeness (QED) is 0.317. The van der Waals surface area contributed by atoms with E-state index in [4.69, 9.17) is 11.6 Å². The maximum Gasteiger partial charge on any atom is 0.312 e. The minimum absolute atomic E-state index is 0.00429. The maximum absolute atomic E-state index is 12.8. The molecule has 0 bridgehead atoms. The van der Waals surface area contributed by atoms with Crippen LogP contribution in [0, 0.1) is 24.0 Å². The van der Waals surface area contributed by atoms with Crippen LogP contribution in [0.3, 0.4) is 0 Å². The Labute approximate surface area is 194 Å². The van der Waals surface area contributed by atoms with Crippen molar-refractivity contribution in [2.75, 3.05) is 5.32 Å². The van der Waals surface area contributed by atoms with Crippen LogP contribution in [0.4, 0.5) is 11.5 Å². The first-order chi connectivity index (χ1) is 15.8. The van der Waals surface area contributed by atoms with Gasteiger partial charge in [-0.05, 0) is 37.1 Å². The van der Waals surface area contributed by atoms with Crippen molar-refractivity contribution in [2.45, 2.75) is 26.9 Å². The standard InChI is InChI=1S/C23H21ClN6O3/c1-15-21(30(32)33)16(2)29(26-15)13-18-9-6-10-19(11-18)23(31)25-22-20(24)14-28(27-22)12-17-7-4-3-5-8-17/h3-11,14H,12-13H2,1-2H3,(H,25,27,31). The van der Waals surface area contributed by atoms with E-state index in [2.05, 4.69) is 15.5 Å². The molecule has 2 aromatic heterocycles. The van der Waals surface area contributed by atoms with Gasteiger partial charge in [0.1, 0.15) is 16.4 Å². The average Bonchev–Trinajstić information content (AvgIpc) is 3.26. The third kappa shape index (κ3) is 4.93. The topological polar surface area (TPSA) is 108 Å². The van der Waals surface area contributed by atoms with Crippen LogP contribution >= 0.6 is 11.6 Å². The fourth-order valence-electron chi connectivity index (χ4n) is 3.60. The monoisotopic (exact) mass is 464 g/mol. The predicted octanol–water partition coefficient (Wildman–Crippen LogP) is 4.61. The van der Waals surface area contributed by atoms with Crippen LogP contribution in [0.2, 0.25) is 5.02 Å². The smallest absolute Gasteiger partial charge is 0.304 e. The van der Waals surface area contributed by atoms with Gasteiger partial charge in [-0.1, -0.05) is 54.1 Å². The summed E-state index contributed by atoms with van der Waals surface area (Å²) in [6.45, 7) is 4.09. The number of rotatable bonds is 7. The number of halogens is 1. The zero-order valence-electron chi connectivity index (χ0n) is 18.0. The summed E-state index contributed by atoms with van der Waals surface area (Å²) in [7, 11) is 0. The number of anilines is 1. The number of hydrogen-bond donors (Lipinski definition) is 1. The first kappa shape index (κ1) is 22.2. The number of aryl methyl sites for hydroxylation is 1. The molecule has 0 aliphatic heterocycles. The molecule has 1 amide bonds. The molecule has 0 aliphatic rings. The first-order valence-corrected chi connectivity index (χ1v) is 10.5. The number of nitro groups is 1. The summed E-state index contributed by atoms with van der Waals surface area (Å²) in [5.41, 5.74) is 3.08. The lowest BCUT2D eigenvalue weighted by atomic mass is 10.1. The van der Waals surface area contributed by atoms with Crippen LogP contribution < -0.4 is 5.32 Å². The molecule has 2 aromatic carbocycles. The van der Waals surface area contributed by atoms with Crippen LogP contribution in [-0.4, -0.2) is 30.4 Å². The van der Waals surface area contributed by atoms with Gasteiger partial charge in [0.25, 0.3) is 5.91 Å². The highest BCUT2D eigenvalue weighted by Gasteiger charge is 2.22. The van der Waals surface area contributed by atoms with Gasteiger partial charge < -0.3 is 5.32 Å². The van der Waals surface area contributed by atoms with E-state index in [1.54, 1.807) is 47.6 Å². The summed E-state index contributed by atoms with van der Waals surface area (Å²) in [6.07, 6.45) is 1.66. The fourth-order valence-corrected chi connectivity index (χ4v) is 3.80. The number of carbonyl (C=O) groups is 1. The third-order valence-electron chi connectivity index (χ3n) is 5.18.